The summed E-state index contributed by atoms with van der Waals surface area (Å²) >= 11 is 0. The molecular weight excluding hydrogens is 339 g/mol. The van der Waals surface area contributed by atoms with Crippen LogP contribution in [0, 0.1) is 5.82 Å². The second kappa shape index (κ2) is 6.88. The van der Waals surface area contributed by atoms with Gasteiger partial charge in [-0.05, 0) is 31.2 Å². The molecule has 0 atom stereocenters. The fourth-order valence-corrected chi connectivity index (χ4v) is 2.95. The molecule has 0 fully saturated rings. The summed E-state index contributed by atoms with van der Waals surface area (Å²) < 4.78 is 53.4. The van der Waals surface area contributed by atoms with E-state index < -0.39 is 20.8 Å². The van der Waals surface area contributed by atoms with Crippen molar-refractivity contribution in [2.45, 2.75) is 11.8 Å². The molecule has 2 aromatic rings. The minimum atomic E-state index is -4.43. The molecule has 0 radical (unpaired) electrons. The van der Waals surface area contributed by atoms with E-state index in [-0.39, 0.29) is 23.0 Å². The highest BCUT2D eigenvalue weighted by Gasteiger charge is 2.24. The molecule has 24 heavy (non-hydrogen) atoms. The minimum absolute atomic E-state index is 0.0471. The highest BCUT2D eigenvalue weighted by molar-refractivity contribution is 7.87. The van der Waals surface area contributed by atoms with Crippen LogP contribution in [-0.2, 0) is 10.1 Å². The van der Waals surface area contributed by atoms with Crippen LogP contribution in [-0.4, -0.2) is 28.4 Å². The molecule has 0 aliphatic heterocycles. The number of carbonyl (C=O) groups excluding carboxylic acids is 1. The number of hydrogen-bond acceptors (Lipinski definition) is 6. The normalized spacial score (nSPS) is 11.0. The van der Waals surface area contributed by atoms with Crippen LogP contribution in [0.4, 0.5) is 4.39 Å². The average molecular weight is 354 g/mol. The highest BCUT2D eigenvalue weighted by Crippen LogP contribution is 2.33. The van der Waals surface area contributed by atoms with Crippen molar-refractivity contribution in [3.05, 3.63) is 47.8 Å². The molecule has 2 aromatic carbocycles. The zero-order valence-corrected chi connectivity index (χ0v) is 14.0. The minimum Gasteiger partial charge on any atom is -0.493 e. The van der Waals surface area contributed by atoms with Crippen molar-refractivity contribution < 1.29 is 31.3 Å². The standard InChI is InChI=1S/C16H15FO6S/c1-10(18)11-4-6-12(7-5-11)23-24(19,20)16-9-15(22-3)14(21-2)8-13(16)17/h4-9H,1-3H3. The molecule has 0 saturated carbocycles. The molecular formula is C16H15FO6S. The molecule has 0 aliphatic carbocycles. The topological polar surface area (TPSA) is 78.9 Å². The van der Waals surface area contributed by atoms with E-state index in [2.05, 4.69) is 0 Å². The van der Waals surface area contributed by atoms with Crippen LogP contribution in [0.3, 0.4) is 0 Å². The van der Waals surface area contributed by atoms with Crippen molar-refractivity contribution in [1.29, 1.82) is 0 Å². The Morgan fingerprint density at radius 3 is 2.04 bits per heavy atom. The summed E-state index contributed by atoms with van der Waals surface area (Å²) in [5.74, 6) is -1.15. The number of methoxy groups -OCH3 is 2. The molecule has 128 valence electrons. The van der Waals surface area contributed by atoms with Crippen LogP contribution >= 0.6 is 0 Å². The SMILES string of the molecule is COc1cc(F)c(S(=O)(=O)Oc2ccc(C(C)=O)cc2)cc1OC. The number of hydrogen-bond donors (Lipinski definition) is 0. The molecule has 8 heteroatoms. The first kappa shape index (κ1) is 17.7. The average Bonchev–Trinajstić information content (AvgIpc) is 2.54. The molecule has 6 nitrogen and oxygen atoms in total. The summed E-state index contributed by atoms with van der Waals surface area (Å²) in [6.07, 6.45) is 0. The number of ether oxygens (including phenoxy) is 2. The Balaban J connectivity index is 2.38. The van der Waals surface area contributed by atoms with Crippen molar-refractivity contribution in [3.63, 3.8) is 0 Å². The van der Waals surface area contributed by atoms with E-state index in [0.717, 1.165) is 12.1 Å². The van der Waals surface area contributed by atoms with Crippen molar-refractivity contribution in [3.8, 4) is 17.2 Å². The predicted molar refractivity (Wildman–Crippen MR) is 83.8 cm³/mol. The second-order valence-corrected chi connectivity index (χ2v) is 6.27. The Hall–Kier alpha value is -2.61. The van der Waals surface area contributed by atoms with E-state index >= 15 is 0 Å². The van der Waals surface area contributed by atoms with E-state index in [0.29, 0.717) is 5.56 Å². The lowest BCUT2D eigenvalue weighted by molar-refractivity contribution is 0.101. The van der Waals surface area contributed by atoms with E-state index in [1.807, 2.05) is 0 Å². The van der Waals surface area contributed by atoms with Gasteiger partial charge in [0.2, 0.25) is 0 Å². The quantitative estimate of drug-likeness (QED) is 0.586. The fraction of sp³-hybridized carbons (Fsp3) is 0.188. The van der Waals surface area contributed by atoms with Gasteiger partial charge in [-0.3, -0.25) is 4.79 Å². The van der Waals surface area contributed by atoms with E-state index in [1.54, 1.807) is 0 Å². The van der Waals surface area contributed by atoms with Crippen LogP contribution in [0.5, 0.6) is 17.2 Å². The monoisotopic (exact) mass is 354 g/mol. The molecule has 0 heterocycles. The number of benzene rings is 2. The van der Waals surface area contributed by atoms with Gasteiger partial charge in [0.25, 0.3) is 0 Å². The Labute approximate surface area is 138 Å². The maximum Gasteiger partial charge on any atom is 0.342 e. The van der Waals surface area contributed by atoms with Crippen molar-refractivity contribution >= 4 is 15.9 Å². The lowest BCUT2D eigenvalue weighted by Gasteiger charge is -2.12. The molecule has 0 amide bonds. The van der Waals surface area contributed by atoms with Gasteiger partial charge in [-0.15, -0.1) is 0 Å². The van der Waals surface area contributed by atoms with Gasteiger partial charge in [0.05, 0.1) is 14.2 Å². The molecule has 0 aromatic heterocycles. The van der Waals surface area contributed by atoms with Crippen LogP contribution < -0.4 is 13.7 Å². The van der Waals surface area contributed by atoms with Gasteiger partial charge >= 0.3 is 10.1 Å². The maximum atomic E-state index is 14.1. The summed E-state index contributed by atoms with van der Waals surface area (Å²) in [5.41, 5.74) is 0.400. The molecule has 0 aliphatic rings. The van der Waals surface area contributed by atoms with Gasteiger partial charge in [0, 0.05) is 17.7 Å². The highest BCUT2D eigenvalue weighted by atomic mass is 32.2. The molecule has 0 N–H and O–H groups in total. The number of rotatable bonds is 6. The molecule has 0 spiro atoms. The van der Waals surface area contributed by atoms with E-state index in [1.165, 1.54) is 45.4 Å². The third-order valence-corrected chi connectivity index (χ3v) is 4.44. The molecule has 0 unspecified atom stereocenters. The van der Waals surface area contributed by atoms with E-state index in [4.69, 9.17) is 13.7 Å². The molecule has 2 rings (SSSR count). The van der Waals surface area contributed by atoms with Crippen LogP contribution in [0.1, 0.15) is 17.3 Å². The van der Waals surface area contributed by atoms with Crippen molar-refractivity contribution in [2.24, 2.45) is 0 Å². The first-order valence-electron chi connectivity index (χ1n) is 6.75. The Morgan fingerprint density at radius 1 is 1.00 bits per heavy atom. The first-order valence-corrected chi connectivity index (χ1v) is 8.16. The lowest BCUT2D eigenvalue weighted by Crippen LogP contribution is -2.12. The lowest BCUT2D eigenvalue weighted by atomic mass is 10.1. The summed E-state index contributed by atoms with van der Waals surface area (Å²) in [4.78, 5) is 10.5. The van der Waals surface area contributed by atoms with Gasteiger partial charge in [-0.1, -0.05) is 0 Å². The Kier molecular flexibility index (Phi) is 5.08. The molecule has 0 bridgehead atoms. The zero-order valence-electron chi connectivity index (χ0n) is 13.2. The number of Topliss-reactive ketones (excluding diaryl/α,β-unsaturated/α-hetero) is 1. The summed E-state index contributed by atoms with van der Waals surface area (Å²) in [6, 6.07) is 7.33. The third kappa shape index (κ3) is 3.65. The van der Waals surface area contributed by atoms with Gasteiger partial charge in [0.15, 0.2) is 17.3 Å². The largest absolute Gasteiger partial charge is 0.493 e. The third-order valence-electron chi connectivity index (χ3n) is 3.17. The van der Waals surface area contributed by atoms with Crippen LogP contribution in [0.25, 0.3) is 0 Å². The smallest absolute Gasteiger partial charge is 0.342 e. The summed E-state index contributed by atoms with van der Waals surface area (Å²) in [6.45, 7) is 1.38. The summed E-state index contributed by atoms with van der Waals surface area (Å²) in [7, 11) is -1.83. The van der Waals surface area contributed by atoms with Crippen LogP contribution in [0.2, 0.25) is 0 Å². The predicted octanol–water partition coefficient (Wildman–Crippen LogP) is 2.81. The summed E-state index contributed by atoms with van der Waals surface area (Å²) in [5, 5.41) is 0. The number of carbonyl (C=O) groups is 1. The van der Waals surface area contributed by atoms with Crippen molar-refractivity contribution in [1.82, 2.24) is 0 Å². The second-order valence-electron chi connectivity index (χ2n) is 4.76. The first-order chi connectivity index (χ1) is 11.3. The maximum absolute atomic E-state index is 14.1. The van der Waals surface area contributed by atoms with Gasteiger partial charge in [-0.25, -0.2) is 4.39 Å². The zero-order chi connectivity index (χ0) is 17.9. The molecule has 0 saturated heterocycles. The van der Waals surface area contributed by atoms with Gasteiger partial charge in [0.1, 0.15) is 16.5 Å². The Morgan fingerprint density at radius 2 is 1.54 bits per heavy atom. The van der Waals surface area contributed by atoms with Gasteiger partial charge < -0.3 is 13.7 Å². The van der Waals surface area contributed by atoms with Crippen molar-refractivity contribution in [2.75, 3.05) is 14.2 Å². The number of ketones is 1. The number of halogens is 1. The Bertz CT molecular complexity index is 859. The van der Waals surface area contributed by atoms with Crippen LogP contribution in [0.15, 0.2) is 41.3 Å². The fourth-order valence-electron chi connectivity index (χ4n) is 1.94. The van der Waals surface area contributed by atoms with Gasteiger partial charge in [-0.2, -0.15) is 8.42 Å². The van der Waals surface area contributed by atoms with E-state index in [9.17, 15) is 17.6 Å².